The lowest BCUT2D eigenvalue weighted by molar-refractivity contribution is 0.0950. The molecule has 0 spiro atoms. The fraction of sp³-hybridized carbons (Fsp3) is 0.0526. The summed E-state index contributed by atoms with van der Waals surface area (Å²) in [5.74, 6) is 1.29. The molecule has 1 heterocycles. The lowest BCUT2D eigenvalue weighted by Crippen LogP contribution is -2.22. The van der Waals surface area contributed by atoms with Gasteiger partial charge in [-0.15, -0.1) is 0 Å². The van der Waals surface area contributed by atoms with Crippen molar-refractivity contribution < 1.29 is 9.53 Å². The number of hydrogen-bond donors (Lipinski definition) is 1. The quantitative estimate of drug-likeness (QED) is 0.747. The molecule has 1 aromatic heterocycles. The first-order chi connectivity index (χ1) is 11.7. The van der Waals surface area contributed by atoms with Crippen molar-refractivity contribution in [3.63, 3.8) is 0 Å². The second kappa shape index (κ2) is 7.62. The third kappa shape index (κ3) is 4.33. The molecule has 5 heteroatoms. The monoisotopic (exact) mass is 338 g/mol. The van der Waals surface area contributed by atoms with Gasteiger partial charge in [-0.1, -0.05) is 23.7 Å². The second-order valence-electron chi connectivity index (χ2n) is 5.12. The van der Waals surface area contributed by atoms with Gasteiger partial charge in [0.2, 0.25) is 0 Å². The average Bonchev–Trinajstić information content (AvgIpc) is 2.63. The first-order valence-corrected chi connectivity index (χ1v) is 7.79. The molecule has 0 bridgehead atoms. The van der Waals surface area contributed by atoms with Crippen LogP contribution in [-0.2, 0) is 6.54 Å². The normalized spacial score (nSPS) is 10.2. The van der Waals surface area contributed by atoms with Crippen LogP contribution in [0.15, 0.2) is 73.1 Å². The highest BCUT2D eigenvalue weighted by Crippen LogP contribution is 2.23. The summed E-state index contributed by atoms with van der Waals surface area (Å²) in [4.78, 5) is 15.9. The highest BCUT2D eigenvalue weighted by Gasteiger charge is 2.05. The number of rotatable bonds is 5. The highest BCUT2D eigenvalue weighted by molar-refractivity contribution is 6.30. The zero-order valence-corrected chi connectivity index (χ0v) is 13.5. The zero-order valence-electron chi connectivity index (χ0n) is 12.8. The molecule has 24 heavy (non-hydrogen) atoms. The number of carbonyl (C=O) groups excluding carboxylic acids is 1. The Morgan fingerprint density at radius 3 is 2.29 bits per heavy atom. The van der Waals surface area contributed by atoms with Crippen molar-refractivity contribution in [2.75, 3.05) is 0 Å². The van der Waals surface area contributed by atoms with Gasteiger partial charge in [-0.3, -0.25) is 9.78 Å². The SMILES string of the molecule is O=C(NCc1ccc(Oc2ccc(Cl)cc2)cc1)c1cccnc1. The minimum atomic E-state index is -0.149. The second-order valence-corrected chi connectivity index (χ2v) is 5.56. The van der Waals surface area contributed by atoms with E-state index in [0.29, 0.717) is 17.1 Å². The number of pyridine rings is 1. The molecule has 0 fully saturated rings. The number of carbonyl (C=O) groups is 1. The molecule has 4 nitrogen and oxygen atoms in total. The van der Waals surface area contributed by atoms with Gasteiger partial charge in [-0.25, -0.2) is 0 Å². The van der Waals surface area contributed by atoms with E-state index in [0.717, 1.165) is 17.1 Å². The predicted octanol–water partition coefficient (Wildman–Crippen LogP) is 4.46. The van der Waals surface area contributed by atoms with Gasteiger partial charge in [0.05, 0.1) is 5.56 Å². The van der Waals surface area contributed by atoms with E-state index >= 15 is 0 Å². The van der Waals surface area contributed by atoms with E-state index in [4.69, 9.17) is 16.3 Å². The molecule has 0 aliphatic rings. The number of ether oxygens (including phenoxy) is 1. The maximum Gasteiger partial charge on any atom is 0.253 e. The summed E-state index contributed by atoms with van der Waals surface area (Å²) in [6.45, 7) is 0.439. The van der Waals surface area contributed by atoms with Crippen LogP contribution in [0.3, 0.4) is 0 Å². The molecule has 0 saturated carbocycles. The third-order valence-corrected chi connectivity index (χ3v) is 3.60. The van der Waals surface area contributed by atoms with Crippen molar-refractivity contribution in [3.8, 4) is 11.5 Å². The maximum absolute atomic E-state index is 12.0. The molecule has 1 N–H and O–H groups in total. The van der Waals surface area contributed by atoms with E-state index in [1.165, 1.54) is 0 Å². The van der Waals surface area contributed by atoms with E-state index in [-0.39, 0.29) is 5.91 Å². The topological polar surface area (TPSA) is 51.2 Å². The van der Waals surface area contributed by atoms with Crippen LogP contribution in [0.5, 0.6) is 11.5 Å². The summed E-state index contributed by atoms with van der Waals surface area (Å²) in [5.41, 5.74) is 1.52. The summed E-state index contributed by atoms with van der Waals surface area (Å²) < 4.78 is 5.73. The van der Waals surface area contributed by atoms with Crippen molar-refractivity contribution in [2.24, 2.45) is 0 Å². The molecule has 0 aliphatic carbocycles. The van der Waals surface area contributed by atoms with Crippen molar-refractivity contribution >= 4 is 17.5 Å². The van der Waals surface area contributed by atoms with Gasteiger partial charge in [0.25, 0.3) is 5.91 Å². The Hall–Kier alpha value is -2.85. The van der Waals surface area contributed by atoms with Crippen LogP contribution < -0.4 is 10.1 Å². The molecule has 2 aromatic carbocycles. The van der Waals surface area contributed by atoms with Gasteiger partial charge in [-0.2, -0.15) is 0 Å². The van der Waals surface area contributed by atoms with Crippen molar-refractivity contribution in [1.82, 2.24) is 10.3 Å². The summed E-state index contributed by atoms with van der Waals surface area (Å²) in [6, 6.07) is 18.2. The minimum Gasteiger partial charge on any atom is -0.457 e. The Balaban J connectivity index is 1.56. The van der Waals surface area contributed by atoms with E-state index in [2.05, 4.69) is 10.3 Å². The number of nitrogens with one attached hydrogen (secondary N) is 1. The van der Waals surface area contributed by atoms with Crippen molar-refractivity contribution in [1.29, 1.82) is 0 Å². The molecule has 0 atom stereocenters. The van der Waals surface area contributed by atoms with Crippen LogP contribution in [0.1, 0.15) is 15.9 Å². The number of benzene rings is 2. The Labute approximate surface area is 145 Å². The van der Waals surface area contributed by atoms with Crippen LogP contribution >= 0.6 is 11.6 Å². The van der Waals surface area contributed by atoms with Crippen molar-refractivity contribution in [3.05, 3.63) is 89.2 Å². The molecule has 3 aromatic rings. The van der Waals surface area contributed by atoms with Crippen LogP contribution in [0, 0.1) is 0 Å². The first kappa shape index (κ1) is 16.0. The summed E-state index contributed by atoms with van der Waals surface area (Å²) >= 11 is 5.85. The lowest BCUT2D eigenvalue weighted by atomic mass is 10.2. The molecular weight excluding hydrogens is 324 g/mol. The molecular formula is C19H15ClN2O2. The molecule has 3 rings (SSSR count). The standard InChI is InChI=1S/C19H15ClN2O2/c20-16-5-9-18(10-6-16)24-17-7-3-14(4-8-17)12-22-19(23)15-2-1-11-21-13-15/h1-11,13H,12H2,(H,22,23). The van der Waals surface area contributed by atoms with Gasteiger partial charge in [-0.05, 0) is 54.1 Å². The first-order valence-electron chi connectivity index (χ1n) is 7.41. The van der Waals surface area contributed by atoms with Gasteiger partial charge >= 0.3 is 0 Å². The zero-order chi connectivity index (χ0) is 16.8. The fourth-order valence-electron chi connectivity index (χ4n) is 2.10. The molecule has 0 aliphatic heterocycles. The number of aromatic nitrogens is 1. The Kier molecular flexibility index (Phi) is 5.08. The average molecular weight is 339 g/mol. The van der Waals surface area contributed by atoms with Crippen LogP contribution in [0.4, 0.5) is 0 Å². The molecule has 0 radical (unpaired) electrons. The third-order valence-electron chi connectivity index (χ3n) is 3.35. The van der Waals surface area contributed by atoms with Gasteiger partial charge in [0.1, 0.15) is 11.5 Å². The maximum atomic E-state index is 12.0. The van der Waals surface area contributed by atoms with Gasteiger partial charge in [0, 0.05) is 24.0 Å². The summed E-state index contributed by atoms with van der Waals surface area (Å²) in [7, 11) is 0. The van der Waals surface area contributed by atoms with Gasteiger partial charge in [0.15, 0.2) is 0 Å². The fourth-order valence-corrected chi connectivity index (χ4v) is 2.22. The Morgan fingerprint density at radius 1 is 1.00 bits per heavy atom. The smallest absolute Gasteiger partial charge is 0.253 e. The molecule has 0 saturated heterocycles. The largest absolute Gasteiger partial charge is 0.457 e. The van der Waals surface area contributed by atoms with E-state index < -0.39 is 0 Å². The van der Waals surface area contributed by atoms with Gasteiger partial charge < -0.3 is 10.1 Å². The number of amides is 1. The van der Waals surface area contributed by atoms with E-state index in [1.54, 1.807) is 36.7 Å². The highest BCUT2D eigenvalue weighted by atomic mass is 35.5. The Bertz CT molecular complexity index is 803. The summed E-state index contributed by atoms with van der Waals surface area (Å²) in [6.07, 6.45) is 3.18. The number of halogens is 1. The van der Waals surface area contributed by atoms with Crippen molar-refractivity contribution in [2.45, 2.75) is 6.54 Å². The van der Waals surface area contributed by atoms with Crippen LogP contribution in [0.2, 0.25) is 5.02 Å². The predicted molar refractivity (Wildman–Crippen MR) is 93.4 cm³/mol. The van der Waals surface area contributed by atoms with E-state index in [1.807, 2.05) is 36.4 Å². The minimum absolute atomic E-state index is 0.149. The van der Waals surface area contributed by atoms with E-state index in [9.17, 15) is 4.79 Å². The molecule has 1 amide bonds. The number of hydrogen-bond acceptors (Lipinski definition) is 3. The lowest BCUT2D eigenvalue weighted by Gasteiger charge is -2.08. The Morgan fingerprint density at radius 2 is 1.67 bits per heavy atom. The van der Waals surface area contributed by atoms with Crippen LogP contribution in [0.25, 0.3) is 0 Å². The number of nitrogens with zero attached hydrogens (tertiary/aromatic N) is 1. The molecule has 120 valence electrons. The van der Waals surface area contributed by atoms with Crippen LogP contribution in [-0.4, -0.2) is 10.9 Å². The molecule has 0 unspecified atom stereocenters. The summed E-state index contributed by atoms with van der Waals surface area (Å²) in [5, 5.41) is 3.52.